The molecule has 4 aliphatic rings. The normalized spacial score (nSPS) is 43.4. The van der Waals surface area contributed by atoms with Crippen molar-refractivity contribution in [2.24, 2.45) is 5.92 Å². The molecule has 2 aliphatic carbocycles. The molecule has 2 fully saturated rings. The molecule has 2 bridgehead atoms. The van der Waals surface area contributed by atoms with Crippen LogP contribution in [-0.2, 0) is 11.8 Å². The van der Waals surface area contributed by atoms with Crippen LogP contribution >= 0.6 is 0 Å². The molecule has 1 saturated carbocycles. The number of nitrogens with zero attached hydrogens (tertiary/aromatic N) is 1. The largest absolute Gasteiger partial charge is 0.483 e. The monoisotopic (exact) mass is 289 g/mol. The Bertz CT molecular complexity index is 633. The van der Waals surface area contributed by atoms with E-state index < -0.39 is 6.10 Å². The molecule has 5 rings (SSSR count). The van der Waals surface area contributed by atoms with Gasteiger partial charge in [0, 0.05) is 17.0 Å². The first-order valence-electron chi connectivity index (χ1n) is 8.00. The Morgan fingerprint density at radius 3 is 3.10 bits per heavy atom. The summed E-state index contributed by atoms with van der Waals surface area (Å²) in [6.45, 7) is 1.00. The van der Waals surface area contributed by atoms with E-state index in [4.69, 9.17) is 4.74 Å². The molecule has 0 amide bonds. The maximum Gasteiger partial charge on any atom is 0.165 e. The molecule has 1 unspecified atom stereocenters. The number of benzene rings is 1. The first-order valence-corrected chi connectivity index (χ1v) is 8.00. The van der Waals surface area contributed by atoms with Crippen molar-refractivity contribution in [3.05, 3.63) is 29.1 Å². The van der Waals surface area contributed by atoms with Crippen molar-refractivity contribution in [3.63, 3.8) is 0 Å². The minimum absolute atomic E-state index is 0.153. The molecule has 1 spiro atoms. The van der Waals surface area contributed by atoms with Crippen molar-refractivity contribution < 1.29 is 14.2 Å². The highest BCUT2D eigenvalue weighted by molar-refractivity contribution is 5.55. The number of likely N-dealkylation sites (N-methyl/N-ethyl adjacent to an activating group) is 1. The van der Waals surface area contributed by atoms with Gasteiger partial charge in [0.15, 0.2) is 11.6 Å². The third-order valence-electron chi connectivity index (χ3n) is 6.54. The molecule has 0 radical (unpaired) electrons. The quantitative estimate of drug-likeness (QED) is 0.791. The van der Waals surface area contributed by atoms with Gasteiger partial charge < -0.3 is 14.7 Å². The zero-order valence-electron chi connectivity index (χ0n) is 12.2. The maximum absolute atomic E-state index is 14.3. The van der Waals surface area contributed by atoms with Crippen molar-refractivity contribution in [3.8, 4) is 5.75 Å². The predicted molar refractivity (Wildman–Crippen MR) is 76.0 cm³/mol. The van der Waals surface area contributed by atoms with Gasteiger partial charge in [-0.3, -0.25) is 0 Å². The van der Waals surface area contributed by atoms with E-state index in [1.807, 2.05) is 6.07 Å². The Morgan fingerprint density at radius 1 is 1.38 bits per heavy atom. The summed E-state index contributed by atoms with van der Waals surface area (Å²) in [5.74, 6) is 0.660. The smallest absolute Gasteiger partial charge is 0.165 e. The number of ether oxygens (including phenoxy) is 1. The second-order valence-corrected chi connectivity index (χ2v) is 7.24. The highest BCUT2D eigenvalue weighted by Crippen LogP contribution is 2.62. The third kappa shape index (κ3) is 1.28. The Balaban J connectivity index is 1.81. The van der Waals surface area contributed by atoms with E-state index in [1.54, 1.807) is 0 Å². The molecule has 0 aromatic heterocycles. The summed E-state index contributed by atoms with van der Waals surface area (Å²) in [6, 6.07) is 3.97. The zero-order chi connectivity index (χ0) is 14.4. The van der Waals surface area contributed by atoms with E-state index in [0.717, 1.165) is 37.8 Å². The van der Waals surface area contributed by atoms with Crippen LogP contribution in [0.3, 0.4) is 0 Å². The number of hydrogen-bond donors (Lipinski definition) is 1. The number of halogens is 1. The van der Waals surface area contributed by atoms with Crippen molar-refractivity contribution in [2.75, 3.05) is 13.6 Å². The Morgan fingerprint density at radius 2 is 2.24 bits per heavy atom. The highest BCUT2D eigenvalue weighted by atomic mass is 19.1. The summed E-state index contributed by atoms with van der Waals surface area (Å²) in [6.07, 6.45) is 3.02. The lowest BCUT2D eigenvalue weighted by atomic mass is 9.51. The van der Waals surface area contributed by atoms with E-state index >= 15 is 0 Å². The average molecular weight is 289 g/mol. The Labute approximate surface area is 123 Å². The van der Waals surface area contributed by atoms with Crippen LogP contribution in [0.15, 0.2) is 12.1 Å². The molecule has 1 aromatic carbocycles. The molecule has 5 atom stereocenters. The molecule has 4 heteroatoms. The van der Waals surface area contributed by atoms with Crippen molar-refractivity contribution in [1.29, 1.82) is 0 Å². The standard InChI is InChI=1S/C17H20FNO2/c1-19-7-6-17-10-3-5-13(20)16(17)21-15-11(18)4-2-9(14(15)17)8-12(10)19/h2,4,10,12-13,16,20H,3,5-8H2,1H3/t10?,12-,13+,16+,17+/m1/s1. The van der Waals surface area contributed by atoms with Crippen molar-refractivity contribution in [1.82, 2.24) is 4.90 Å². The van der Waals surface area contributed by atoms with E-state index in [-0.39, 0.29) is 17.3 Å². The van der Waals surface area contributed by atoms with Gasteiger partial charge in [0.1, 0.15) is 6.10 Å². The first-order chi connectivity index (χ1) is 10.1. The predicted octanol–water partition coefficient (Wildman–Crippen LogP) is 1.86. The van der Waals surface area contributed by atoms with Gasteiger partial charge in [-0.1, -0.05) is 6.07 Å². The summed E-state index contributed by atoms with van der Waals surface area (Å²) in [7, 11) is 2.20. The number of aliphatic hydroxyl groups is 1. The number of hydrogen-bond acceptors (Lipinski definition) is 3. The maximum atomic E-state index is 14.3. The van der Waals surface area contributed by atoms with Crippen LogP contribution in [0.25, 0.3) is 0 Å². The molecule has 21 heavy (non-hydrogen) atoms. The fourth-order valence-corrected chi connectivity index (χ4v) is 5.69. The Kier molecular flexibility index (Phi) is 2.24. The van der Waals surface area contributed by atoms with Crippen LogP contribution < -0.4 is 4.74 Å². The molecular formula is C17H20FNO2. The van der Waals surface area contributed by atoms with Gasteiger partial charge in [0.2, 0.25) is 0 Å². The average Bonchev–Trinajstić information content (AvgIpc) is 2.83. The molecule has 1 saturated heterocycles. The Hall–Kier alpha value is -1.13. The van der Waals surface area contributed by atoms with E-state index in [2.05, 4.69) is 11.9 Å². The second kappa shape index (κ2) is 3.79. The fourth-order valence-electron chi connectivity index (χ4n) is 5.69. The van der Waals surface area contributed by atoms with Crippen LogP contribution in [-0.4, -0.2) is 41.8 Å². The molecule has 112 valence electrons. The van der Waals surface area contributed by atoms with Crippen molar-refractivity contribution in [2.45, 2.75) is 49.3 Å². The van der Waals surface area contributed by atoms with Crippen LogP contribution in [0.1, 0.15) is 30.4 Å². The highest BCUT2D eigenvalue weighted by Gasteiger charge is 2.65. The lowest BCUT2D eigenvalue weighted by molar-refractivity contribution is -0.0995. The van der Waals surface area contributed by atoms with Crippen LogP contribution in [0.2, 0.25) is 0 Å². The molecular weight excluding hydrogens is 269 g/mol. The number of aliphatic hydroxyl groups excluding tert-OH is 1. The fraction of sp³-hybridized carbons (Fsp3) is 0.647. The van der Waals surface area contributed by atoms with Gasteiger partial charge in [0.25, 0.3) is 0 Å². The summed E-state index contributed by atoms with van der Waals surface area (Å²) >= 11 is 0. The summed E-state index contributed by atoms with van der Waals surface area (Å²) < 4.78 is 20.3. The van der Waals surface area contributed by atoms with Crippen LogP contribution in [0.5, 0.6) is 5.75 Å². The van der Waals surface area contributed by atoms with Gasteiger partial charge in [-0.05, 0) is 56.8 Å². The van der Waals surface area contributed by atoms with E-state index in [1.165, 1.54) is 11.6 Å². The second-order valence-electron chi connectivity index (χ2n) is 7.24. The van der Waals surface area contributed by atoms with Crippen molar-refractivity contribution >= 4 is 0 Å². The molecule has 3 nitrogen and oxygen atoms in total. The minimum atomic E-state index is -0.469. The minimum Gasteiger partial charge on any atom is -0.483 e. The first kappa shape index (κ1) is 12.4. The lowest BCUT2D eigenvalue weighted by Crippen LogP contribution is -2.66. The van der Waals surface area contributed by atoms with Gasteiger partial charge >= 0.3 is 0 Å². The number of piperidine rings is 1. The molecule has 1 N–H and O–H groups in total. The van der Waals surface area contributed by atoms with Gasteiger partial charge in [-0.25, -0.2) is 4.39 Å². The van der Waals surface area contributed by atoms with Crippen LogP contribution in [0.4, 0.5) is 4.39 Å². The topological polar surface area (TPSA) is 32.7 Å². The molecule has 2 aliphatic heterocycles. The summed E-state index contributed by atoms with van der Waals surface area (Å²) in [5, 5.41) is 10.5. The SMILES string of the molecule is CN1CC[C@]23c4c5ccc(F)c4O[C@H]2[C@@H](O)CCC3[C@H]1C5. The third-order valence-corrected chi connectivity index (χ3v) is 6.54. The van der Waals surface area contributed by atoms with Crippen LogP contribution in [0, 0.1) is 11.7 Å². The molecule has 2 heterocycles. The van der Waals surface area contributed by atoms with Gasteiger partial charge in [-0.15, -0.1) is 0 Å². The summed E-state index contributed by atoms with van der Waals surface area (Å²) in [4.78, 5) is 2.45. The van der Waals surface area contributed by atoms with E-state index in [9.17, 15) is 9.50 Å². The van der Waals surface area contributed by atoms with E-state index in [0.29, 0.717) is 17.7 Å². The van der Waals surface area contributed by atoms with Gasteiger partial charge in [0.05, 0.1) is 6.10 Å². The zero-order valence-corrected chi connectivity index (χ0v) is 12.2. The number of likely N-dealkylation sites (tertiary alicyclic amines) is 1. The number of rotatable bonds is 0. The van der Waals surface area contributed by atoms with Gasteiger partial charge in [-0.2, -0.15) is 0 Å². The lowest BCUT2D eigenvalue weighted by Gasteiger charge is -2.58. The molecule has 1 aromatic rings. The summed E-state index contributed by atoms with van der Waals surface area (Å²) in [5.41, 5.74) is 2.18.